The maximum Gasteiger partial charge on any atom is 0.130 e. The average molecular weight is 309 g/mol. The molecule has 0 bridgehead atoms. The molecule has 112 valence electrons. The summed E-state index contributed by atoms with van der Waals surface area (Å²) in [6.45, 7) is 0.244. The van der Waals surface area contributed by atoms with Gasteiger partial charge in [0, 0.05) is 35.9 Å². The molecule has 21 heavy (non-hydrogen) atoms. The number of halogens is 2. The fourth-order valence-electron chi connectivity index (χ4n) is 2.31. The van der Waals surface area contributed by atoms with Crippen LogP contribution in [0.3, 0.4) is 0 Å². The van der Waals surface area contributed by atoms with Crippen molar-refractivity contribution >= 4 is 17.3 Å². The van der Waals surface area contributed by atoms with Gasteiger partial charge in [0.1, 0.15) is 11.6 Å². The van der Waals surface area contributed by atoms with Gasteiger partial charge in [0.2, 0.25) is 0 Å². The van der Waals surface area contributed by atoms with Gasteiger partial charge in [0.25, 0.3) is 0 Å². The van der Waals surface area contributed by atoms with Crippen molar-refractivity contribution in [2.24, 2.45) is 5.73 Å². The van der Waals surface area contributed by atoms with Crippen LogP contribution in [0.1, 0.15) is 11.6 Å². The predicted molar refractivity (Wildman–Crippen MR) is 84.6 cm³/mol. The third-order valence-electron chi connectivity index (χ3n) is 3.48. The Morgan fingerprint density at radius 2 is 2.00 bits per heavy atom. The van der Waals surface area contributed by atoms with Gasteiger partial charge in [0.15, 0.2) is 0 Å². The summed E-state index contributed by atoms with van der Waals surface area (Å²) in [5.41, 5.74) is 7.14. The lowest BCUT2D eigenvalue weighted by Gasteiger charge is -2.30. The second-order valence-corrected chi connectivity index (χ2v) is 5.11. The topological polar surface area (TPSA) is 38.5 Å². The molecule has 0 aromatic heterocycles. The van der Waals surface area contributed by atoms with Crippen LogP contribution in [-0.4, -0.2) is 20.7 Å². The molecule has 2 N–H and O–H groups in total. The molecule has 1 unspecified atom stereocenters. The normalized spacial score (nSPS) is 12.0. The number of nitrogens with two attached hydrogens (primary N) is 1. The maximum atomic E-state index is 14.1. The van der Waals surface area contributed by atoms with Gasteiger partial charge in [0.05, 0.1) is 13.2 Å². The Morgan fingerprint density at radius 1 is 1.29 bits per heavy atom. The third-order valence-corrected chi connectivity index (χ3v) is 3.81. The molecule has 0 aliphatic rings. The molecule has 1 atom stereocenters. The summed E-state index contributed by atoms with van der Waals surface area (Å²) in [5.74, 6) is 0.377. The van der Waals surface area contributed by atoms with Crippen LogP contribution in [0.2, 0.25) is 5.02 Å². The average Bonchev–Trinajstić information content (AvgIpc) is 2.50. The van der Waals surface area contributed by atoms with Crippen molar-refractivity contribution in [2.45, 2.75) is 6.04 Å². The van der Waals surface area contributed by atoms with Crippen LogP contribution < -0.4 is 15.4 Å². The molecule has 0 heterocycles. The monoisotopic (exact) mass is 308 g/mol. The second-order valence-electron chi connectivity index (χ2n) is 4.70. The quantitative estimate of drug-likeness (QED) is 0.917. The van der Waals surface area contributed by atoms with E-state index >= 15 is 0 Å². The smallest absolute Gasteiger partial charge is 0.130 e. The third kappa shape index (κ3) is 3.28. The summed E-state index contributed by atoms with van der Waals surface area (Å²) in [5, 5.41) is 0.375. The van der Waals surface area contributed by atoms with Crippen molar-refractivity contribution in [3.63, 3.8) is 0 Å². The highest BCUT2D eigenvalue weighted by Crippen LogP contribution is 2.32. The summed E-state index contributed by atoms with van der Waals surface area (Å²) in [7, 11) is 3.46. The molecule has 2 aromatic rings. The Labute approximate surface area is 129 Å². The minimum Gasteiger partial charge on any atom is -0.497 e. The summed E-state index contributed by atoms with van der Waals surface area (Å²) >= 11 is 6.15. The summed E-state index contributed by atoms with van der Waals surface area (Å²) in [6, 6.07) is 11.8. The van der Waals surface area contributed by atoms with Crippen LogP contribution in [0.25, 0.3) is 0 Å². The number of hydrogen-bond acceptors (Lipinski definition) is 3. The van der Waals surface area contributed by atoms with Crippen LogP contribution in [0.4, 0.5) is 10.1 Å². The predicted octanol–water partition coefficient (Wildman–Crippen LogP) is 3.62. The Balaban J connectivity index is 2.40. The van der Waals surface area contributed by atoms with Gasteiger partial charge in [-0.1, -0.05) is 23.7 Å². The van der Waals surface area contributed by atoms with Crippen LogP contribution in [0.15, 0.2) is 42.5 Å². The minimum absolute atomic E-state index is 0.244. The number of rotatable bonds is 5. The molecule has 0 amide bonds. The second kappa shape index (κ2) is 6.78. The zero-order valence-corrected chi connectivity index (χ0v) is 12.8. The first-order valence-corrected chi connectivity index (χ1v) is 6.97. The fourth-order valence-corrected chi connectivity index (χ4v) is 2.60. The zero-order chi connectivity index (χ0) is 15.4. The van der Waals surface area contributed by atoms with E-state index in [9.17, 15) is 4.39 Å². The number of ether oxygens (including phenoxy) is 1. The van der Waals surface area contributed by atoms with Crippen molar-refractivity contribution < 1.29 is 9.13 Å². The first-order valence-electron chi connectivity index (χ1n) is 6.59. The van der Waals surface area contributed by atoms with Crippen LogP contribution in [0.5, 0.6) is 5.75 Å². The lowest BCUT2D eigenvalue weighted by Crippen LogP contribution is -2.31. The molecule has 0 aliphatic carbocycles. The van der Waals surface area contributed by atoms with Gasteiger partial charge in [-0.3, -0.25) is 0 Å². The number of hydrogen-bond donors (Lipinski definition) is 1. The van der Waals surface area contributed by atoms with E-state index in [1.807, 2.05) is 36.2 Å². The van der Waals surface area contributed by atoms with Gasteiger partial charge in [-0.25, -0.2) is 4.39 Å². The molecule has 0 fully saturated rings. The van der Waals surface area contributed by atoms with Crippen molar-refractivity contribution in [3.8, 4) is 5.75 Å². The standard InChI is InChI=1S/C16H18ClFN2O/c1-20(11-5-3-6-12(9-11)21-2)15(10-19)16-13(17)7-4-8-14(16)18/h3-9,15H,10,19H2,1-2H3. The van der Waals surface area contributed by atoms with E-state index in [2.05, 4.69) is 0 Å². The van der Waals surface area contributed by atoms with E-state index in [0.717, 1.165) is 11.4 Å². The Bertz CT molecular complexity index is 601. The number of likely N-dealkylation sites (N-methyl/N-ethyl adjacent to an activating group) is 1. The van der Waals surface area contributed by atoms with Gasteiger partial charge in [-0.2, -0.15) is 0 Å². The molecule has 2 aromatic carbocycles. The molecule has 2 rings (SSSR count). The lowest BCUT2D eigenvalue weighted by atomic mass is 10.0. The highest BCUT2D eigenvalue weighted by Gasteiger charge is 2.22. The molecule has 0 aliphatic heterocycles. The number of benzene rings is 2. The van der Waals surface area contributed by atoms with Crippen LogP contribution in [0, 0.1) is 5.82 Å². The van der Waals surface area contributed by atoms with E-state index in [1.54, 1.807) is 19.2 Å². The van der Waals surface area contributed by atoms with Crippen molar-refractivity contribution in [3.05, 3.63) is 58.9 Å². The van der Waals surface area contributed by atoms with Crippen molar-refractivity contribution in [1.82, 2.24) is 0 Å². The van der Waals surface area contributed by atoms with E-state index < -0.39 is 0 Å². The van der Waals surface area contributed by atoms with Crippen molar-refractivity contribution in [1.29, 1.82) is 0 Å². The van der Waals surface area contributed by atoms with Crippen LogP contribution in [-0.2, 0) is 0 Å². The Morgan fingerprint density at radius 3 is 2.62 bits per heavy atom. The summed E-state index contributed by atoms with van der Waals surface area (Å²) < 4.78 is 19.3. The summed E-state index contributed by atoms with van der Waals surface area (Å²) in [6.07, 6.45) is 0. The molecule has 5 heteroatoms. The fraction of sp³-hybridized carbons (Fsp3) is 0.250. The minimum atomic E-state index is -0.356. The largest absolute Gasteiger partial charge is 0.497 e. The molecular formula is C16H18ClFN2O. The highest BCUT2D eigenvalue weighted by molar-refractivity contribution is 6.31. The number of methoxy groups -OCH3 is 1. The molecule has 0 saturated heterocycles. The van der Waals surface area contributed by atoms with Gasteiger partial charge in [-0.05, 0) is 24.3 Å². The summed E-state index contributed by atoms with van der Waals surface area (Å²) in [4.78, 5) is 1.90. The molecular weight excluding hydrogens is 291 g/mol. The number of nitrogens with zero attached hydrogens (tertiary/aromatic N) is 1. The molecule has 0 spiro atoms. The molecule has 3 nitrogen and oxygen atoms in total. The first-order chi connectivity index (χ1) is 10.1. The SMILES string of the molecule is COc1cccc(N(C)C(CN)c2c(F)cccc2Cl)c1. The first kappa shape index (κ1) is 15.6. The van der Waals surface area contributed by atoms with Crippen molar-refractivity contribution in [2.75, 3.05) is 25.6 Å². The zero-order valence-electron chi connectivity index (χ0n) is 12.0. The highest BCUT2D eigenvalue weighted by atomic mass is 35.5. The number of anilines is 1. The van der Waals surface area contributed by atoms with E-state index in [4.69, 9.17) is 22.1 Å². The van der Waals surface area contributed by atoms with Gasteiger partial charge in [-0.15, -0.1) is 0 Å². The van der Waals surface area contributed by atoms with E-state index in [0.29, 0.717) is 10.6 Å². The van der Waals surface area contributed by atoms with Gasteiger partial charge < -0.3 is 15.4 Å². The molecule has 0 saturated carbocycles. The Hall–Kier alpha value is -1.78. The maximum absolute atomic E-state index is 14.1. The van der Waals surface area contributed by atoms with Crippen LogP contribution >= 0.6 is 11.6 Å². The molecule has 0 radical (unpaired) electrons. The van der Waals surface area contributed by atoms with E-state index in [1.165, 1.54) is 6.07 Å². The van der Waals surface area contributed by atoms with Gasteiger partial charge >= 0.3 is 0 Å². The lowest BCUT2D eigenvalue weighted by molar-refractivity contribution is 0.414. The van der Waals surface area contributed by atoms with E-state index in [-0.39, 0.29) is 18.4 Å². The Kier molecular flexibility index (Phi) is 5.04.